The number of carboxylic acid groups (broad SMARTS) is 1. The van der Waals surface area contributed by atoms with Gasteiger partial charge in [-0.1, -0.05) is 46.8 Å². The van der Waals surface area contributed by atoms with Gasteiger partial charge in [0.2, 0.25) is 0 Å². The second-order valence-electron chi connectivity index (χ2n) is 20.7. The topological polar surface area (TPSA) is 113 Å². The Morgan fingerprint density at radius 3 is 2.25 bits per heavy atom. The van der Waals surface area contributed by atoms with Crippen molar-refractivity contribution in [2.45, 2.75) is 144 Å². The molecule has 302 valence electrons. The highest BCUT2D eigenvalue weighted by Gasteiger charge is 2.71. The molecule has 0 radical (unpaired) electrons. The minimum absolute atomic E-state index is 0.0930. The number of nitrogens with one attached hydrogen (secondary N) is 1. The zero-order valence-corrected chi connectivity index (χ0v) is 36.2. The summed E-state index contributed by atoms with van der Waals surface area (Å²) in [6, 6.07) is 0.331. The van der Waals surface area contributed by atoms with Gasteiger partial charge in [-0.15, -0.1) is 0 Å². The quantitative estimate of drug-likeness (QED) is 0.160. The summed E-state index contributed by atoms with van der Waals surface area (Å²) in [4.78, 5) is 27.3. The van der Waals surface area contributed by atoms with Crippen LogP contribution < -0.4 is 5.32 Å². The van der Waals surface area contributed by atoms with Crippen LogP contribution in [0.3, 0.4) is 0 Å². The van der Waals surface area contributed by atoms with Crippen LogP contribution in [0.15, 0.2) is 12.2 Å². The number of aliphatic carboxylic acids is 1. The van der Waals surface area contributed by atoms with E-state index in [2.05, 4.69) is 64.6 Å². The molecule has 5 saturated carbocycles. The van der Waals surface area contributed by atoms with Crippen molar-refractivity contribution < 1.29 is 27.9 Å². The van der Waals surface area contributed by atoms with Crippen LogP contribution in [-0.4, -0.2) is 91.2 Å². The van der Waals surface area contributed by atoms with Crippen molar-refractivity contribution in [2.75, 3.05) is 43.1 Å². The summed E-state index contributed by atoms with van der Waals surface area (Å²) in [5, 5.41) is 13.9. The summed E-state index contributed by atoms with van der Waals surface area (Å²) in [5.74, 6) is 2.93. The van der Waals surface area contributed by atoms with Gasteiger partial charge in [0.15, 0.2) is 9.84 Å². The molecule has 0 aromatic heterocycles. The Hall–Kier alpha value is -1.10. The van der Waals surface area contributed by atoms with Gasteiger partial charge < -0.3 is 15.2 Å². The van der Waals surface area contributed by atoms with Crippen molar-refractivity contribution in [3.8, 4) is 0 Å². The Morgan fingerprint density at radius 1 is 0.943 bits per heavy atom. The van der Waals surface area contributed by atoms with Crippen LogP contribution in [0.1, 0.15) is 126 Å². The van der Waals surface area contributed by atoms with E-state index in [9.17, 15) is 23.1 Å². The fourth-order valence-electron chi connectivity index (χ4n) is 14.2. The van der Waals surface area contributed by atoms with Gasteiger partial charge in [-0.25, -0.2) is 8.42 Å². The van der Waals surface area contributed by atoms with E-state index in [0.29, 0.717) is 48.7 Å². The van der Waals surface area contributed by atoms with Crippen LogP contribution in [-0.2, 0) is 24.2 Å². The number of hydrogen-bond acceptors (Lipinski definition) is 8. The largest absolute Gasteiger partial charge is 0.481 e. The number of hydrogen-bond donors (Lipinski definition) is 2. The number of sulfone groups is 1. The number of fused-ring (bicyclic) bond motifs is 7. The minimum Gasteiger partial charge on any atom is -0.481 e. The van der Waals surface area contributed by atoms with Gasteiger partial charge in [-0.05, 0) is 137 Å². The summed E-state index contributed by atoms with van der Waals surface area (Å²) >= 11 is 1.87. The Morgan fingerprint density at radius 2 is 1.62 bits per heavy atom. The number of thioether (sulfide) groups is 1. The van der Waals surface area contributed by atoms with E-state index in [1.165, 1.54) is 50.5 Å². The number of ether oxygens (including phenoxy) is 1. The van der Waals surface area contributed by atoms with Crippen LogP contribution in [0.4, 0.5) is 0 Å². The first-order valence-corrected chi connectivity index (χ1v) is 24.1. The number of carbonyl (C=O) groups excluding carboxylic acids is 1. The molecule has 11 atom stereocenters. The first-order valence-electron chi connectivity index (χ1n) is 20.8. The first-order chi connectivity index (χ1) is 24.6. The molecule has 5 aliphatic carbocycles. The lowest BCUT2D eigenvalue weighted by molar-refractivity contribution is -0.246. The van der Waals surface area contributed by atoms with Gasteiger partial charge in [-0.3, -0.25) is 14.5 Å². The summed E-state index contributed by atoms with van der Waals surface area (Å²) in [5.41, 5.74) is 0.675. The summed E-state index contributed by atoms with van der Waals surface area (Å²) in [6.45, 7) is 24.8. The third-order valence-corrected chi connectivity index (χ3v) is 19.7. The molecule has 8 nitrogen and oxygen atoms in total. The average molecular weight is 777 g/mol. The lowest BCUT2D eigenvalue weighted by Crippen LogP contribution is -2.69. The molecule has 0 bridgehead atoms. The number of carbonyl (C=O) groups is 2. The van der Waals surface area contributed by atoms with Crippen molar-refractivity contribution in [3.05, 3.63) is 12.2 Å². The zero-order valence-electron chi connectivity index (χ0n) is 34.5. The van der Waals surface area contributed by atoms with Gasteiger partial charge >= 0.3 is 11.9 Å². The summed E-state index contributed by atoms with van der Waals surface area (Å²) in [6.07, 6.45) is 13.4. The molecule has 0 spiro atoms. The Bertz CT molecular complexity index is 1530. The highest BCUT2D eigenvalue weighted by molar-refractivity contribution is 7.98. The van der Waals surface area contributed by atoms with Crippen molar-refractivity contribution >= 4 is 33.5 Å². The van der Waals surface area contributed by atoms with E-state index in [0.717, 1.165) is 31.6 Å². The third-order valence-electron chi connectivity index (χ3n) is 17.4. The molecule has 6 aliphatic rings. The minimum atomic E-state index is -2.92. The number of rotatable bonds is 11. The first kappa shape index (κ1) is 41.5. The third kappa shape index (κ3) is 7.00. The molecule has 0 amide bonds. The van der Waals surface area contributed by atoms with Crippen molar-refractivity contribution in [3.63, 3.8) is 0 Å². The molecule has 0 aromatic rings. The second kappa shape index (κ2) is 14.4. The number of allylic oxidation sites excluding steroid dienone is 1. The number of carboxylic acids is 1. The van der Waals surface area contributed by atoms with E-state index in [1.54, 1.807) is 13.8 Å². The number of nitrogens with zero attached hydrogens (tertiary/aromatic N) is 1. The Balaban J connectivity index is 1.23. The van der Waals surface area contributed by atoms with Crippen LogP contribution in [0.2, 0.25) is 0 Å². The van der Waals surface area contributed by atoms with E-state index < -0.39 is 21.2 Å². The molecule has 53 heavy (non-hydrogen) atoms. The van der Waals surface area contributed by atoms with Crippen molar-refractivity contribution in [1.29, 1.82) is 0 Å². The molecule has 6 rings (SSSR count). The normalized spacial score (nSPS) is 42.7. The second-order valence-corrected chi connectivity index (χ2v) is 23.9. The predicted molar refractivity (Wildman–Crippen MR) is 216 cm³/mol. The fourth-order valence-corrected chi connectivity index (χ4v) is 16.1. The number of esters is 1. The van der Waals surface area contributed by atoms with Gasteiger partial charge in [0.1, 0.15) is 6.10 Å². The van der Waals surface area contributed by atoms with Crippen molar-refractivity contribution in [1.82, 2.24) is 10.2 Å². The smallest absolute Gasteiger partial charge is 0.309 e. The van der Waals surface area contributed by atoms with E-state index in [-0.39, 0.29) is 57.2 Å². The molecule has 2 N–H and O–H groups in total. The van der Waals surface area contributed by atoms with Gasteiger partial charge in [0, 0.05) is 42.4 Å². The van der Waals surface area contributed by atoms with Gasteiger partial charge in [0.25, 0.3) is 0 Å². The summed E-state index contributed by atoms with van der Waals surface area (Å²) < 4.78 is 30.7. The monoisotopic (exact) mass is 776 g/mol. The maximum atomic E-state index is 13.1. The highest BCUT2D eigenvalue weighted by Crippen LogP contribution is 2.76. The summed E-state index contributed by atoms with van der Waals surface area (Å²) in [7, 11) is -2.92. The standard InChI is InChI=1S/C43H72N2O6S2/c1-28(2)30-13-18-43(44-26-29(27-52-10)45-21-23-53(49,50)24-22-45)20-19-41(8)31(36(30)43)11-12-33-40(7)16-15-34(51-35(46)25-38(3,4)37(47)48)39(5,6)32(40)14-17-42(33,41)9/h29-34,36,44H,1,11-27H2,2-10H3,(H,47,48)/t29-,30-,31+,32-,33+,34-,36+,40-,41+,42+,43-/m0/s1. The zero-order chi connectivity index (χ0) is 39.0. The van der Waals surface area contributed by atoms with Gasteiger partial charge in [0.05, 0.1) is 23.3 Å². The molecule has 10 heteroatoms. The lowest BCUT2D eigenvalue weighted by Gasteiger charge is -2.73. The maximum absolute atomic E-state index is 13.1. The molecule has 0 aromatic carbocycles. The van der Waals surface area contributed by atoms with E-state index in [1.807, 2.05) is 11.8 Å². The fraction of sp³-hybridized carbons (Fsp3) is 0.907. The molecular formula is C43H72N2O6S2. The van der Waals surface area contributed by atoms with Crippen LogP contribution in [0, 0.1) is 56.7 Å². The highest BCUT2D eigenvalue weighted by atomic mass is 32.2. The molecular weight excluding hydrogens is 705 g/mol. The molecule has 0 unspecified atom stereocenters. The van der Waals surface area contributed by atoms with E-state index in [4.69, 9.17) is 4.74 Å². The molecule has 1 saturated heterocycles. The predicted octanol–water partition coefficient (Wildman–Crippen LogP) is 7.86. The SMILES string of the molecule is C=C(C)[C@@H]1CC[C@]2(NC[C@@H](CSC)N3CCS(=O)(=O)CC3)CC[C@]3(C)[C@H](CC[C@@H]4[C@@]5(C)CC[C@H](OC(=O)CC(C)(C)C(=O)O)C(C)(C)[C@@H]5CC[C@]43C)[C@@H]12. The maximum Gasteiger partial charge on any atom is 0.309 e. The van der Waals surface area contributed by atoms with Crippen LogP contribution in [0.5, 0.6) is 0 Å². The molecule has 1 heterocycles. The molecule has 6 fully saturated rings. The van der Waals surface area contributed by atoms with Crippen molar-refractivity contribution in [2.24, 2.45) is 56.7 Å². The van der Waals surface area contributed by atoms with Gasteiger partial charge in [-0.2, -0.15) is 11.8 Å². The van der Waals surface area contributed by atoms with E-state index >= 15 is 0 Å². The van der Waals surface area contributed by atoms with Crippen LogP contribution in [0.25, 0.3) is 0 Å². The molecule has 1 aliphatic heterocycles. The Labute approximate surface area is 326 Å². The van der Waals surface area contributed by atoms with Crippen LogP contribution >= 0.6 is 11.8 Å². The lowest BCUT2D eigenvalue weighted by atomic mass is 9.32. The average Bonchev–Trinajstić information content (AvgIpc) is 3.45. The Kier molecular flexibility index (Phi) is 11.3.